The van der Waals surface area contributed by atoms with Gasteiger partial charge in [-0.1, -0.05) is 45.0 Å². The minimum atomic E-state index is -0.670. The Bertz CT molecular complexity index is 416. The third-order valence-electron chi connectivity index (χ3n) is 3.68. The van der Waals surface area contributed by atoms with Crippen LogP contribution in [0.4, 0.5) is 0 Å². The van der Waals surface area contributed by atoms with Crippen molar-refractivity contribution in [3.05, 3.63) is 35.4 Å². The summed E-state index contributed by atoms with van der Waals surface area (Å²) in [5.74, 6) is -0.00320. The summed E-state index contributed by atoms with van der Waals surface area (Å²) in [5.41, 5.74) is 7.09. The Balaban J connectivity index is 3.10. The molecule has 0 heterocycles. The Morgan fingerprint density at radius 1 is 1.20 bits per heavy atom. The summed E-state index contributed by atoms with van der Waals surface area (Å²) in [6.45, 7) is 7.85. The van der Waals surface area contributed by atoms with Crippen LogP contribution in [-0.4, -0.2) is 25.5 Å². The topological polar surface area (TPSA) is 67.2 Å². The quantitative estimate of drug-likeness (QED) is 0.675. The largest absolute Gasteiger partial charge is 0.353 e. The zero-order chi connectivity index (χ0) is 15.0. The molecule has 1 unspecified atom stereocenters. The molecule has 0 aliphatic rings. The SMILES string of the molecule is CCNC(CC)(C(=O)NCCN)c1ccc(CC)cc1. The van der Waals surface area contributed by atoms with Crippen LogP contribution in [0.5, 0.6) is 0 Å². The van der Waals surface area contributed by atoms with Gasteiger partial charge in [0.2, 0.25) is 5.91 Å². The molecule has 0 aliphatic heterocycles. The van der Waals surface area contributed by atoms with Gasteiger partial charge in [-0.3, -0.25) is 10.1 Å². The fraction of sp³-hybridized carbons (Fsp3) is 0.562. The van der Waals surface area contributed by atoms with Crippen LogP contribution in [0.15, 0.2) is 24.3 Å². The fourth-order valence-electron chi connectivity index (χ4n) is 2.47. The first-order valence-electron chi connectivity index (χ1n) is 7.47. The third-order valence-corrected chi connectivity index (χ3v) is 3.68. The van der Waals surface area contributed by atoms with E-state index in [1.54, 1.807) is 0 Å². The molecule has 0 spiro atoms. The van der Waals surface area contributed by atoms with Crippen LogP contribution in [0.1, 0.15) is 38.3 Å². The van der Waals surface area contributed by atoms with E-state index in [-0.39, 0.29) is 5.91 Å². The molecule has 1 aromatic rings. The number of carbonyl (C=O) groups excluding carboxylic acids is 1. The van der Waals surface area contributed by atoms with Gasteiger partial charge in [-0.2, -0.15) is 0 Å². The molecule has 0 radical (unpaired) electrons. The van der Waals surface area contributed by atoms with Crippen LogP contribution in [0, 0.1) is 0 Å². The van der Waals surface area contributed by atoms with Gasteiger partial charge in [0.25, 0.3) is 0 Å². The van der Waals surface area contributed by atoms with Crippen molar-refractivity contribution in [3.8, 4) is 0 Å². The van der Waals surface area contributed by atoms with Crippen molar-refractivity contribution in [1.82, 2.24) is 10.6 Å². The van der Waals surface area contributed by atoms with Gasteiger partial charge in [-0.15, -0.1) is 0 Å². The monoisotopic (exact) mass is 277 g/mol. The molecule has 0 fully saturated rings. The van der Waals surface area contributed by atoms with Crippen LogP contribution >= 0.6 is 0 Å². The number of hydrogen-bond donors (Lipinski definition) is 3. The summed E-state index contributed by atoms with van der Waals surface area (Å²) >= 11 is 0. The second-order valence-electron chi connectivity index (χ2n) is 4.88. The van der Waals surface area contributed by atoms with Crippen molar-refractivity contribution >= 4 is 5.91 Å². The van der Waals surface area contributed by atoms with E-state index >= 15 is 0 Å². The molecule has 0 bridgehead atoms. The molecule has 1 atom stereocenters. The second kappa shape index (κ2) is 8.02. The van der Waals surface area contributed by atoms with E-state index in [4.69, 9.17) is 5.73 Å². The van der Waals surface area contributed by atoms with Crippen LogP contribution in [0.25, 0.3) is 0 Å². The van der Waals surface area contributed by atoms with Gasteiger partial charge < -0.3 is 11.1 Å². The van der Waals surface area contributed by atoms with E-state index < -0.39 is 5.54 Å². The first-order valence-corrected chi connectivity index (χ1v) is 7.47. The predicted molar refractivity (Wildman–Crippen MR) is 83.5 cm³/mol. The summed E-state index contributed by atoms with van der Waals surface area (Å²) in [7, 11) is 0. The molecule has 1 aromatic carbocycles. The number of aryl methyl sites for hydroxylation is 1. The van der Waals surface area contributed by atoms with Gasteiger partial charge >= 0.3 is 0 Å². The number of nitrogens with one attached hydrogen (secondary N) is 2. The molecule has 112 valence electrons. The van der Waals surface area contributed by atoms with Gasteiger partial charge in [0.05, 0.1) is 0 Å². The number of amides is 1. The molecule has 4 heteroatoms. The minimum absolute atomic E-state index is 0.00320. The van der Waals surface area contributed by atoms with Gasteiger partial charge in [-0.05, 0) is 30.5 Å². The van der Waals surface area contributed by atoms with Crippen molar-refractivity contribution < 1.29 is 4.79 Å². The fourth-order valence-corrected chi connectivity index (χ4v) is 2.47. The lowest BCUT2D eigenvalue weighted by Crippen LogP contribution is -2.54. The summed E-state index contributed by atoms with van der Waals surface area (Å²) < 4.78 is 0. The normalized spacial score (nSPS) is 13.8. The highest BCUT2D eigenvalue weighted by atomic mass is 16.2. The average molecular weight is 277 g/mol. The van der Waals surface area contributed by atoms with E-state index in [2.05, 4.69) is 29.7 Å². The molecular weight excluding hydrogens is 250 g/mol. The predicted octanol–water partition coefficient (Wildman–Crippen LogP) is 1.54. The number of benzene rings is 1. The standard InChI is InChI=1S/C16H27N3O/c1-4-13-7-9-14(10-8-13)16(5-2,19-6-3)15(20)18-12-11-17/h7-10,19H,4-6,11-12,17H2,1-3H3,(H,18,20). The average Bonchev–Trinajstić information content (AvgIpc) is 2.50. The molecule has 0 aliphatic carbocycles. The van der Waals surface area contributed by atoms with Crippen molar-refractivity contribution in [2.45, 2.75) is 39.2 Å². The Morgan fingerprint density at radius 3 is 2.30 bits per heavy atom. The van der Waals surface area contributed by atoms with Crippen LogP contribution in [0.2, 0.25) is 0 Å². The van der Waals surface area contributed by atoms with E-state index in [1.807, 2.05) is 26.0 Å². The summed E-state index contributed by atoms with van der Waals surface area (Å²) in [6.07, 6.45) is 1.70. The maximum Gasteiger partial charge on any atom is 0.244 e. The molecule has 20 heavy (non-hydrogen) atoms. The Kier molecular flexibility index (Phi) is 6.68. The number of carbonyl (C=O) groups is 1. The Morgan fingerprint density at radius 2 is 1.85 bits per heavy atom. The van der Waals surface area contributed by atoms with Gasteiger partial charge in [-0.25, -0.2) is 0 Å². The second-order valence-corrected chi connectivity index (χ2v) is 4.88. The number of likely N-dealkylation sites (N-methyl/N-ethyl adjacent to an activating group) is 1. The van der Waals surface area contributed by atoms with Gasteiger partial charge in [0.1, 0.15) is 5.54 Å². The molecular formula is C16H27N3O. The van der Waals surface area contributed by atoms with E-state index in [0.717, 1.165) is 18.5 Å². The lowest BCUT2D eigenvalue weighted by atomic mass is 9.85. The Hall–Kier alpha value is -1.39. The van der Waals surface area contributed by atoms with E-state index in [1.165, 1.54) is 5.56 Å². The summed E-state index contributed by atoms with van der Waals surface area (Å²) in [4.78, 5) is 12.6. The molecule has 4 N–H and O–H groups in total. The van der Waals surface area contributed by atoms with Crippen molar-refractivity contribution in [2.24, 2.45) is 5.73 Å². The van der Waals surface area contributed by atoms with Crippen LogP contribution in [0.3, 0.4) is 0 Å². The third kappa shape index (κ3) is 3.58. The number of nitrogens with two attached hydrogens (primary N) is 1. The van der Waals surface area contributed by atoms with Crippen LogP contribution < -0.4 is 16.4 Å². The smallest absolute Gasteiger partial charge is 0.244 e. The summed E-state index contributed by atoms with van der Waals surface area (Å²) in [5, 5.41) is 6.27. The first kappa shape index (κ1) is 16.7. The number of hydrogen-bond acceptors (Lipinski definition) is 3. The van der Waals surface area contributed by atoms with Gasteiger partial charge in [0.15, 0.2) is 0 Å². The Labute approximate surface area is 122 Å². The minimum Gasteiger partial charge on any atom is -0.353 e. The molecule has 0 aromatic heterocycles. The first-order chi connectivity index (χ1) is 9.64. The van der Waals surface area contributed by atoms with Crippen molar-refractivity contribution in [2.75, 3.05) is 19.6 Å². The maximum absolute atomic E-state index is 12.6. The zero-order valence-electron chi connectivity index (χ0n) is 12.8. The number of rotatable bonds is 8. The van der Waals surface area contributed by atoms with Crippen molar-refractivity contribution in [3.63, 3.8) is 0 Å². The zero-order valence-corrected chi connectivity index (χ0v) is 12.8. The molecule has 0 saturated carbocycles. The van der Waals surface area contributed by atoms with Gasteiger partial charge in [0, 0.05) is 13.1 Å². The van der Waals surface area contributed by atoms with E-state index in [0.29, 0.717) is 19.5 Å². The lowest BCUT2D eigenvalue weighted by Gasteiger charge is -2.33. The maximum atomic E-state index is 12.6. The van der Waals surface area contributed by atoms with Crippen LogP contribution in [-0.2, 0) is 16.8 Å². The lowest BCUT2D eigenvalue weighted by molar-refractivity contribution is -0.128. The molecule has 0 saturated heterocycles. The molecule has 1 rings (SSSR count). The highest BCUT2D eigenvalue weighted by molar-refractivity contribution is 5.87. The van der Waals surface area contributed by atoms with Crippen molar-refractivity contribution in [1.29, 1.82) is 0 Å². The van der Waals surface area contributed by atoms with E-state index in [9.17, 15) is 4.79 Å². The summed E-state index contributed by atoms with van der Waals surface area (Å²) in [6, 6.07) is 8.28. The molecule has 4 nitrogen and oxygen atoms in total. The highest BCUT2D eigenvalue weighted by Gasteiger charge is 2.37. The molecule has 1 amide bonds. The highest BCUT2D eigenvalue weighted by Crippen LogP contribution is 2.26.